The van der Waals surface area contributed by atoms with Crippen molar-refractivity contribution in [1.82, 2.24) is 5.32 Å². The molecule has 1 saturated heterocycles. The Labute approximate surface area is 140 Å². The predicted molar refractivity (Wildman–Crippen MR) is 86.3 cm³/mol. The van der Waals surface area contributed by atoms with Crippen molar-refractivity contribution in [2.24, 2.45) is 0 Å². The minimum absolute atomic E-state index is 0.0163. The SMILES string of the molecule is COC(=O)c1cc(-c2ccc(/C=C3/SC(=O)NC3=O)o2)ccc1O. The number of rotatable bonds is 3. The van der Waals surface area contributed by atoms with Gasteiger partial charge >= 0.3 is 5.97 Å². The molecule has 2 N–H and O–H groups in total. The second-order valence-electron chi connectivity index (χ2n) is 4.78. The van der Waals surface area contributed by atoms with E-state index in [0.29, 0.717) is 17.1 Å². The highest BCUT2D eigenvalue weighted by molar-refractivity contribution is 8.18. The maximum atomic E-state index is 11.6. The summed E-state index contributed by atoms with van der Waals surface area (Å²) in [5, 5.41) is 11.4. The summed E-state index contributed by atoms with van der Waals surface area (Å²) >= 11 is 0.792. The number of phenolic OH excluding ortho intramolecular Hbond substituents is 1. The molecule has 7 nitrogen and oxygen atoms in total. The van der Waals surface area contributed by atoms with Crippen molar-refractivity contribution in [3.8, 4) is 17.1 Å². The summed E-state index contributed by atoms with van der Waals surface area (Å²) in [5.41, 5.74) is 0.570. The van der Waals surface area contributed by atoms with Crippen LogP contribution >= 0.6 is 11.8 Å². The molecule has 8 heteroatoms. The molecule has 24 heavy (non-hydrogen) atoms. The summed E-state index contributed by atoms with van der Waals surface area (Å²) in [5.74, 6) is -0.523. The van der Waals surface area contributed by atoms with Crippen LogP contribution in [0.3, 0.4) is 0 Å². The number of carbonyl (C=O) groups excluding carboxylic acids is 3. The Bertz CT molecular complexity index is 882. The highest BCUT2D eigenvalue weighted by atomic mass is 32.2. The van der Waals surface area contributed by atoms with Gasteiger partial charge in [-0.15, -0.1) is 0 Å². The van der Waals surface area contributed by atoms with Gasteiger partial charge in [0.25, 0.3) is 11.1 Å². The van der Waals surface area contributed by atoms with Gasteiger partial charge < -0.3 is 14.3 Å². The van der Waals surface area contributed by atoms with Crippen molar-refractivity contribution < 1.29 is 28.6 Å². The van der Waals surface area contributed by atoms with Gasteiger partial charge in [-0.2, -0.15) is 0 Å². The van der Waals surface area contributed by atoms with E-state index in [0.717, 1.165) is 11.8 Å². The quantitative estimate of drug-likeness (QED) is 0.651. The van der Waals surface area contributed by atoms with Gasteiger partial charge in [-0.05, 0) is 42.1 Å². The van der Waals surface area contributed by atoms with Crippen LogP contribution in [0.2, 0.25) is 0 Å². The number of furan rings is 1. The molecular formula is C16H11NO6S. The number of aromatic hydroxyl groups is 1. The van der Waals surface area contributed by atoms with Crippen LogP contribution < -0.4 is 5.32 Å². The van der Waals surface area contributed by atoms with Crippen LogP contribution in [0.15, 0.2) is 39.7 Å². The predicted octanol–water partition coefficient (Wildman–Crippen LogP) is 2.76. The van der Waals surface area contributed by atoms with Gasteiger partial charge in [0.1, 0.15) is 22.8 Å². The molecule has 1 aliphatic rings. The zero-order valence-corrected chi connectivity index (χ0v) is 13.2. The van der Waals surface area contributed by atoms with Gasteiger partial charge in [-0.25, -0.2) is 4.79 Å². The fourth-order valence-corrected chi connectivity index (χ4v) is 2.76. The van der Waals surface area contributed by atoms with Crippen molar-refractivity contribution in [1.29, 1.82) is 0 Å². The monoisotopic (exact) mass is 345 g/mol. The molecule has 1 fully saturated rings. The Morgan fingerprint density at radius 2 is 2.08 bits per heavy atom. The Morgan fingerprint density at radius 3 is 2.75 bits per heavy atom. The molecule has 0 aliphatic carbocycles. The number of hydrogen-bond acceptors (Lipinski definition) is 7. The fourth-order valence-electron chi connectivity index (χ4n) is 2.10. The zero-order valence-electron chi connectivity index (χ0n) is 12.4. The van der Waals surface area contributed by atoms with Crippen LogP contribution in [0.1, 0.15) is 16.1 Å². The van der Waals surface area contributed by atoms with E-state index in [4.69, 9.17) is 4.42 Å². The molecule has 0 spiro atoms. The lowest BCUT2D eigenvalue weighted by molar-refractivity contribution is -0.115. The van der Waals surface area contributed by atoms with Gasteiger partial charge in [0.15, 0.2) is 0 Å². The summed E-state index contributed by atoms with van der Waals surface area (Å²) in [6, 6.07) is 7.67. The first-order valence-electron chi connectivity index (χ1n) is 6.74. The van der Waals surface area contributed by atoms with E-state index in [1.54, 1.807) is 18.2 Å². The Kier molecular flexibility index (Phi) is 4.13. The van der Waals surface area contributed by atoms with Gasteiger partial charge in [-0.1, -0.05) is 0 Å². The number of ether oxygens (including phenoxy) is 1. The minimum Gasteiger partial charge on any atom is -0.507 e. The number of nitrogens with one attached hydrogen (secondary N) is 1. The Balaban J connectivity index is 1.91. The molecule has 1 aromatic carbocycles. The molecule has 2 heterocycles. The molecule has 0 atom stereocenters. The molecule has 3 rings (SSSR count). The molecule has 1 aliphatic heterocycles. The first kappa shape index (κ1) is 15.9. The van der Waals surface area contributed by atoms with E-state index in [1.165, 1.54) is 25.3 Å². The third-order valence-corrected chi connectivity index (χ3v) is 4.04. The summed E-state index contributed by atoms with van der Waals surface area (Å²) in [6.07, 6.45) is 1.45. The third kappa shape index (κ3) is 3.04. The van der Waals surface area contributed by atoms with Crippen molar-refractivity contribution in [2.75, 3.05) is 7.11 Å². The topological polar surface area (TPSA) is 106 Å². The number of benzene rings is 1. The van der Waals surface area contributed by atoms with Crippen LogP contribution in [-0.2, 0) is 9.53 Å². The Morgan fingerprint density at radius 1 is 1.29 bits per heavy atom. The normalized spacial score (nSPS) is 15.6. The molecule has 0 unspecified atom stereocenters. The molecule has 0 bridgehead atoms. The third-order valence-electron chi connectivity index (χ3n) is 3.23. The summed E-state index contributed by atoms with van der Waals surface area (Å²) in [4.78, 5) is 34.5. The van der Waals surface area contributed by atoms with Crippen molar-refractivity contribution >= 4 is 35.0 Å². The van der Waals surface area contributed by atoms with E-state index in [1.807, 2.05) is 0 Å². The van der Waals surface area contributed by atoms with Crippen LogP contribution in [-0.4, -0.2) is 29.3 Å². The van der Waals surface area contributed by atoms with E-state index >= 15 is 0 Å². The van der Waals surface area contributed by atoms with Crippen LogP contribution in [0.5, 0.6) is 5.75 Å². The van der Waals surface area contributed by atoms with E-state index in [9.17, 15) is 19.5 Å². The zero-order chi connectivity index (χ0) is 17.3. The number of thioether (sulfide) groups is 1. The maximum absolute atomic E-state index is 11.6. The highest BCUT2D eigenvalue weighted by Crippen LogP contribution is 2.30. The van der Waals surface area contributed by atoms with Gasteiger partial charge in [0, 0.05) is 11.6 Å². The Hall–Kier alpha value is -3.00. The lowest BCUT2D eigenvalue weighted by atomic mass is 10.1. The molecule has 122 valence electrons. The summed E-state index contributed by atoms with van der Waals surface area (Å²) in [7, 11) is 1.22. The maximum Gasteiger partial charge on any atom is 0.341 e. The first-order valence-corrected chi connectivity index (χ1v) is 7.56. The van der Waals surface area contributed by atoms with Gasteiger partial charge in [0.2, 0.25) is 0 Å². The molecule has 2 amide bonds. The number of methoxy groups -OCH3 is 1. The van der Waals surface area contributed by atoms with Crippen molar-refractivity contribution in [3.05, 3.63) is 46.6 Å². The number of amides is 2. The number of carbonyl (C=O) groups is 3. The second kappa shape index (κ2) is 6.25. The average Bonchev–Trinajstić information content (AvgIpc) is 3.14. The standard InChI is InChI=1S/C16H11NO6S/c1-22-15(20)10-6-8(2-4-11(10)18)12-5-3-9(23-12)7-13-14(19)17-16(21)24-13/h2-7,18H,1H3,(H,17,19,21)/b13-7+. The molecule has 2 aromatic rings. The number of phenols is 1. The first-order chi connectivity index (χ1) is 11.5. The van der Waals surface area contributed by atoms with Crippen molar-refractivity contribution in [2.45, 2.75) is 0 Å². The molecule has 0 radical (unpaired) electrons. The van der Waals surface area contributed by atoms with E-state index in [2.05, 4.69) is 10.1 Å². The van der Waals surface area contributed by atoms with Crippen LogP contribution in [0, 0.1) is 0 Å². The van der Waals surface area contributed by atoms with Gasteiger partial charge in [0.05, 0.1) is 12.0 Å². The average molecular weight is 345 g/mol. The second-order valence-corrected chi connectivity index (χ2v) is 5.79. The minimum atomic E-state index is -0.666. The largest absolute Gasteiger partial charge is 0.507 e. The van der Waals surface area contributed by atoms with Crippen LogP contribution in [0.4, 0.5) is 4.79 Å². The highest BCUT2D eigenvalue weighted by Gasteiger charge is 2.25. The number of esters is 1. The van der Waals surface area contributed by atoms with Crippen molar-refractivity contribution in [3.63, 3.8) is 0 Å². The molecular weight excluding hydrogens is 334 g/mol. The van der Waals surface area contributed by atoms with Gasteiger partial charge in [-0.3, -0.25) is 14.9 Å². The van der Waals surface area contributed by atoms with E-state index in [-0.39, 0.29) is 16.2 Å². The van der Waals surface area contributed by atoms with Crippen LogP contribution in [0.25, 0.3) is 17.4 Å². The fraction of sp³-hybridized carbons (Fsp3) is 0.0625. The lowest BCUT2D eigenvalue weighted by Crippen LogP contribution is -2.17. The van der Waals surface area contributed by atoms with E-state index < -0.39 is 17.1 Å². The lowest BCUT2D eigenvalue weighted by Gasteiger charge is -2.04. The summed E-state index contributed by atoms with van der Waals surface area (Å²) < 4.78 is 10.2. The summed E-state index contributed by atoms with van der Waals surface area (Å²) in [6.45, 7) is 0. The molecule has 1 aromatic heterocycles. The number of hydrogen-bond donors (Lipinski definition) is 2. The number of imide groups is 1. The smallest absolute Gasteiger partial charge is 0.341 e. The molecule has 0 saturated carbocycles.